The van der Waals surface area contributed by atoms with Crippen molar-refractivity contribution in [1.29, 1.82) is 0 Å². The molecule has 1 N–H and O–H groups in total. The Labute approximate surface area is 144 Å². The van der Waals surface area contributed by atoms with Crippen LogP contribution in [0, 0.1) is 13.8 Å². The number of hydrogen-bond acceptors (Lipinski definition) is 4. The van der Waals surface area contributed by atoms with Gasteiger partial charge >= 0.3 is 0 Å². The molecule has 1 atom stereocenters. The summed E-state index contributed by atoms with van der Waals surface area (Å²) in [5, 5.41) is 7.17. The van der Waals surface area contributed by atoms with E-state index in [0.29, 0.717) is 24.5 Å². The van der Waals surface area contributed by atoms with Gasteiger partial charge in [-0.25, -0.2) is 8.42 Å². The molecule has 136 valence electrons. The first-order valence-electron chi connectivity index (χ1n) is 8.60. The topological polar surface area (TPSA) is 84.3 Å². The van der Waals surface area contributed by atoms with E-state index >= 15 is 0 Å². The second kappa shape index (κ2) is 7.65. The van der Waals surface area contributed by atoms with Crippen molar-refractivity contribution in [1.82, 2.24) is 19.4 Å². The van der Waals surface area contributed by atoms with E-state index < -0.39 is 10.0 Å². The third kappa shape index (κ3) is 3.97. The van der Waals surface area contributed by atoms with Crippen molar-refractivity contribution in [2.45, 2.75) is 70.9 Å². The highest BCUT2D eigenvalue weighted by atomic mass is 32.2. The maximum absolute atomic E-state index is 12.9. The highest BCUT2D eigenvalue weighted by Crippen LogP contribution is 2.25. The molecule has 2 rings (SSSR count). The summed E-state index contributed by atoms with van der Waals surface area (Å²) in [5.74, 6) is -0.156. The molecule has 0 aromatic carbocycles. The first-order chi connectivity index (χ1) is 11.3. The van der Waals surface area contributed by atoms with Gasteiger partial charge in [-0.05, 0) is 40.0 Å². The Morgan fingerprint density at radius 2 is 1.88 bits per heavy atom. The molecule has 1 saturated heterocycles. The summed E-state index contributed by atoms with van der Waals surface area (Å²) in [6.45, 7) is 8.48. The first-order valence-corrected chi connectivity index (χ1v) is 10.0. The zero-order chi connectivity index (χ0) is 17.9. The molecule has 0 unspecified atom stereocenters. The highest BCUT2D eigenvalue weighted by molar-refractivity contribution is 7.89. The summed E-state index contributed by atoms with van der Waals surface area (Å²) in [7, 11) is -3.55. The number of nitrogens with one attached hydrogen (secondary N) is 1. The van der Waals surface area contributed by atoms with Crippen molar-refractivity contribution in [3.05, 3.63) is 11.4 Å². The van der Waals surface area contributed by atoms with Gasteiger partial charge in [0.05, 0.1) is 11.4 Å². The fraction of sp³-hybridized carbons (Fsp3) is 0.750. The quantitative estimate of drug-likeness (QED) is 0.839. The summed E-state index contributed by atoms with van der Waals surface area (Å²) >= 11 is 0. The van der Waals surface area contributed by atoms with Crippen molar-refractivity contribution >= 4 is 15.9 Å². The molecule has 0 radical (unpaired) electrons. The van der Waals surface area contributed by atoms with E-state index in [-0.39, 0.29) is 23.4 Å². The van der Waals surface area contributed by atoms with Crippen LogP contribution in [0.15, 0.2) is 4.90 Å². The number of amides is 1. The Kier molecular flexibility index (Phi) is 6.03. The molecule has 0 saturated carbocycles. The van der Waals surface area contributed by atoms with Crippen molar-refractivity contribution in [3.63, 3.8) is 0 Å². The lowest BCUT2D eigenvalue weighted by Crippen LogP contribution is -2.36. The molecule has 1 amide bonds. The highest BCUT2D eigenvalue weighted by Gasteiger charge is 2.32. The summed E-state index contributed by atoms with van der Waals surface area (Å²) in [4.78, 5) is 12.3. The van der Waals surface area contributed by atoms with E-state index in [4.69, 9.17) is 0 Å². The molecule has 1 aromatic rings. The molecule has 0 aliphatic carbocycles. The van der Waals surface area contributed by atoms with Gasteiger partial charge in [-0.15, -0.1) is 0 Å². The van der Waals surface area contributed by atoms with Crippen molar-refractivity contribution in [2.24, 2.45) is 0 Å². The van der Waals surface area contributed by atoms with Crippen LogP contribution in [0.5, 0.6) is 0 Å². The van der Waals surface area contributed by atoms with Crippen LogP contribution in [0.3, 0.4) is 0 Å². The molecular formula is C16H28N4O3S. The normalized spacial score (nSPS) is 17.7. The van der Waals surface area contributed by atoms with Gasteiger partial charge in [-0.2, -0.15) is 9.40 Å². The SMILES string of the molecule is CC[C@@H](C)NC(=O)Cn1nc(C)c(S(=O)(=O)N2CCCCC2)c1C. The summed E-state index contributed by atoms with van der Waals surface area (Å²) in [6.07, 6.45) is 3.70. The van der Waals surface area contributed by atoms with Gasteiger partial charge in [-0.1, -0.05) is 13.3 Å². The number of carbonyl (C=O) groups excluding carboxylic acids is 1. The summed E-state index contributed by atoms with van der Waals surface area (Å²) < 4.78 is 28.9. The molecule has 1 fully saturated rings. The fourth-order valence-corrected chi connectivity index (χ4v) is 4.89. The van der Waals surface area contributed by atoms with Crippen molar-refractivity contribution in [3.8, 4) is 0 Å². The smallest absolute Gasteiger partial charge is 0.246 e. The minimum Gasteiger partial charge on any atom is -0.352 e. The molecule has 0 spiro atoms. The minimum atomic E-state index is -3.55. The Balaban J connectivity index is 2.24. The van der Waals surface area contributed by atoms with Gasteiger partial charge in [0, 0.05) is 19.1 Å². The maximum Gasteiger partial charge on any atom is 0.246 e. The predicted molar refractivity (Wildman–Crippen MR) is 92.2 cm³/mol. The van der Waals surface area contributed by atoms with Gasteiger partial charge in [0.15, 0.2) is 0 Å². The molecule has 1 aliphatic rings. The molecule has 1 aliphatic heterocycles. The minimum absolute atomic E-state index is 0.0343. The largest absolute Gasteiger partial charge is 0.352 e. The fourth-order valence-electron chi connectivity index (χ4n) is 3.00. The van der Waals surface area contributed by atoms with Crippen LogP contribution < -0.4 is 5.32 Å². The molecule has 2 heterocycles. The Bertz CT molecular complexity index is 690. The number of rotatable bonds is 6. The van der Waals surface area contributed by atoms with Crippen LogP contribution in [0.2, 0.25) is 0 Å². The Morgan fingerprint density at radius 3 is 2.46 bits per heavy atom. The summed E-state index contributed by atoms with van der Waals surface area (Å²) in [5.41, 5.74) is 0.979. The lowest BCUT2D eigenvalue weighted by molar-refractivity contribution is -0.122. The van der Waals surface area contributed by atoms with E-state index in [1.165, 1.54) is 8.99 Å². The number of hydrogen-bond donors (Lipinski definition) is 1. The monoisotopic (exact) mass is 356 g/mol. The zero-order valence-corrected chi connectivity index (χ0v) is 15.8. The summed E-state index contributed by atoms with van der Waals surface area (Å²) in [6, 6.07) is 0.0889. The third-order valence-electron chi connectivity index (χ3n) is 4.54. The first kappa shape index (κ1) is 18.9. The average Bonchev–Trinajstić information content (AvgIpc) is 2.82. The standard InChI is InChI=1S/C16H28N4O3S/c1-5-12(2)17-15(21)11-20-14(4)16(13(3)18-20)24(22,23)19-9-7-6-8-10-19/h12H,5-11H2,1-4H3,(H,17,21)/t12-/m1/s1. The van der Waals surface area contributed by atoms with Gasteiger partial charge in [0.2, 0.25) is 15.9 Å². The molecule has 1 aromatic heterocycles. The molecule has 0 bridgehead atoms. The molecule has 8 heteroatoms. The van der Waals surface area contributed by atoms with Crippen LogP contribution in [0.4, 0.5) is 0 Å². The van der Waals surface area contributed by atoms with Gasteiger partial charge in [-0.3, -0.25) is 9.48 Å². The third-order valence-corrected chi connectivity index (χ3v) is 6.69. The van der Waals surface area contributed by atoms with E-state index in [0.717, 1.165) is 25.7 Å². The van der Waals surface area contributed by atoms with Gasteiger partial charge < -0.3 is 5.32 Å². The number of aryl methyl sites for hydroxylation is 1. The number of sulfonamides is 1. The number of piperidine rings is 1. The van der Waals surface area contributed by atoms with Gasteiger partial charge in [0.1, 0.15) is 11.4 Å². The van der Waals surface area contributed by atoms with Crippen LogP contribution in [0.1, 0.15) is 50.9 Å². The second-order valence-electron chi connectivity index (χ2n) is 6.50. The molecule has 24 heavy (non-hydrogen) atoms. The zero-order valence-electron chi connectivity index (χ0n) is 15.0. The van der Waals surface area contributed by atoms with E-state index in [1.807, 2.05) is 13.8 Å². The van der Waals surface area contributed by atoms with E-state index in [9.17, 15) is 13.2 Å². The second-order valence-corrected chi connectivity index (χ2v) is 8.37. The number of carbonyl (C=O) groups is 1. The molecule has 7 nitrogen and oxygen atoms in total. The lowest BCUT2D eigenvalue weighted by atomic mass is 10.2. The van der Waals surface area contributed by atoms with Crippen LogP contribution in [-0.4, -0.2) is 47.5 Å². The van der Waals surface area contributed by atoms with Crippen LogP contribution >= 0.6 is 0 Å². The molecular weight excluding hydrogens is 328 g/mol. The number of nitrogens with zero attached hydrogens (tertiary/aromatic N) is 3. The van der Waals surface area contributed by atoms with Crippen molar-refractivity contribution in [2.75, 3.05) is 13.1 Å². The maximum atomic E-state index is 12.9. The van der Waals surface area contributed by atoms with Crippen molar-refractivity contribution < 1.29 is 13.2 Å². The van der Waals surface area contributed by atoms with Gasteiger partial charge in [0.25, 0.3) is 0 Å². The van der Waals surface area contributed by atoms with E-state index in [1.54, 1.807) is 13.8 Å². The lowest BCUT2D eigenvalue weighted by Gasteiger charge is -2.26. The average molecular weight is 356 g/mol. The predicted octanol–water partition coefficient (Wildman–Crippen LogP) is 1.59. The Hall–Kier alpha value is -1.41. The number of aromatic nitrogens is 2. The van der Waals surface area contributed by atoms with Crippen LogP contribution in [-0.2, 0) is 21.4 Å². The Morgan fingerprint density at radius 1 is 1.25 bits per heavy atom. The van der Waals surface area contributed by atoms with E-state index in [2.05, 4.69) is 10.4 Å². The van der Waals surface area contributed by atoms with Crippen LogP contribution in [0.25, 0.3) is 0 Å².